The van der Waals surface area contributed by atoms with Gasteiger partial charge in [-0.2, -0.15) is 0 Å². The van der Waals surface area contributed by atoms with E-state index in [0.29, 0.717) is 11.8 Å². The summed E-state index contributed by atoms with van der Waals surface area (Å²) in [5.74, 6) is 1.35. The number of amides is 1. The number of nitrogens with zero attached hydrogens (tertiary/aromatic N) is 1. The molecule has 0 aromatic rings. The molecule has 1 heterocycles. The molecule has 0 aromatic carbocycles. The highest BCUT2D eigenvalue weighted by atomic mass is 16.2. The smallest absolute Gasteiger partial charge is 0.224 e. The molecule has 1 aliphatic carbocycles. The number of hydrogen-bond donors (Lipinski definition) is 0. The van der Waals surface area contributed by atoms with Gasteiger partial charge in [-0.25, -0.2) is 0 Å². The lowest BCUT2D eigenvalue weighted by Crippen LogP contribution is -2.53. The number of allylic oxidation sites excluding steroid dienone is 4. The van der Waals surface area contributed by atoms with Gasteiger partial charge in [-0.1, -0.05) is 19.1 Å². The SMILES string of the molecule is CC(=O)N1C2=CC=CCC2C(C)CC1(C)C. The van der Waals surface area contributed by atoms with Crippen LogP contribution in [0.3, 0.4) is 0 Å². The van der Waals surface area contributed by atoms with Crippen LogP contribution in [0.15, 0.2) is 23.9 Å². The molecule has 2 nitrogen and oxygen atoms in total. The van der Waals surface area contributed by atoms with Crippen LogP contribution in [-0.2, 0) is 4.79 Å². The Hall–Kier alpha value is -1.05. The number of hydrogen-bond acceptors (Lipinski definition) is 1. The van der Waals surface area contributed by atoms with E-state index < -0.39 is 0 Å². The lowest BCUT2D eigenvalue weighted by atomic mass is 9.72. The van der Waals surface area contributed by atoms with Gasteiger partial charge in [0.05, 0.1) is 0 Å². The molecule has 88 valence electrons. The molecule has 0 saturated carbocycles. The van der Waals surface area contributed by atoms with E-state index in [4.69, 9.17) is 0 Å². The van der Waals surface area contributed by atoms with E-state index in [0.717, 1.165) is 12.8 Å². The molecule has 2 aliphatic rings. The Morgan fingerprint density at radius 1 is 1.50 bits per heavy atom. The molecule has 2 rings (SSSR count). The predicted octanol–water partition coefficient (Wildman–Crippen LogP) is 3.11. The zero-order valence-electron chi connectivity index (χ0n) is 10.7. The minimum absolute atomic E-state index is 0.0429. The highest BCUT2D eigenvalue weighted by Crippen LogP contribution is 2.44. The third kappa shape index (κ3) is 1.70. The van der Waals surface area contributed by atoms with Gasteiger partial charge in [0.25, 0.3) is 0 Å². The molecule has 0 spiro atoms. The summed E-state index contributed by atoms with van der Waals surface area (Å²) in [6.07, 6.45) is 8.57. The summed E-state index contributed by atoms with van der Waals surface area (Å²) in [5, 5.41) is 0. The van der Waals surface area contributed by atoms with E-state index in [1.165, 1.54) is 5.70 Å². The second-order valence-corrected chi connectivity index (χ2v) is 5.71. The first-order chi connectivity index (χ1) is 7.43. The molecule has 0 aromatic heterocycles. The van der Waals surface area contributed by atoms with Gasteiger partial charge in [0, 0.05) is 24.1 Å². The monoisotopic (exact) mass is 219 g/mol. The summed E-state index contributed by atoms with van der Waals surface area (Å²) < 4.78 is 0. The summed E-state index contributed by atoms with van der Waals surface area (Å²) in [5.41, 5.74) is 1.18. The van der Waals surface area contributed by atoms with Crippen LogP contribution < -0.4 is 0 Å². The Bertz CT molecular complexity index is 365. The number of piperidine rings is 1. The van der Waals surface area contributed by atoms with E-state index in [2.05, 4.69) is 39.0 Å². The van der Waals surface area contributed by atoms with Crippen molar-refractivity contribution in [3.05, 3.63) is 23.9 Å². The Morgan fingerprint density at radius 2 is 2.19 bits per heavy atom. The van der Waals surface area contributed by atoms with Gasteiger partial charge in [-0.3, -0.25) is 4.79 Å². The summed E-state index contributed by atoms with van der Waals surface area (Å²) in [7, 11) is 0. The first-order valence-electron chi connectivity index (χ1n) is 6.11. The summed E-state index contributed by atoms with van der Waals surface area (Å²) in [6, 6.07) is 0. The molecule has 1 aliphatic heterocycles. The molecule has 2 heteroatoms. The van der Waals surface area contributed by atoms with Crippen molar-refractivity contribution in [2.45, 2.75) is 46.1 Å². The van der Waals surface area contributed by atoms with Crippen molar-refractivity contribution in [3.63, 3.8) is 0 Å². The predicted molar refractivity (Wildman–Crippen MR) is 65.7 cm³/mol. The first kappa shape index (κ1) is 11.4. The van der Waals surface area contributed by atoms with E-state index in [9.17, 15) is 4.79 Å². The van der Waals surface area contributed by atoms with Crippen LogP contribution in [0, 0.1) is 11.8 Å². The van der Waals surface area contributed by atoms with Crippen molar-refractivity contribution in [1.29, 1.82) is 0 Å². The normalized spacial score (nSPS) is 32.0. The van der Waals surface area contributed by atoms with Crippen molar-refractivity contribution in [2.75, 3.05) is 0 Å². The topological polar surface area (TPSA) is 20.3 Å². The maximum Gasteiger partial charge on any atom is 0.224 e. The van der Waals surface area contributed by atoms with Crippen LogP contribution in [0.1, 0.15) is 40.5 Å². The minimum atomic E-state index is -0.0429. The van der Waals surface area contributed by atoms with Crippen molar-refractivity contribution >= 4 is 5.91 Å². The molecule has 0 radical (unpaired) electrons. The summed E-state index contributed by atoms with van der Waals surface area (Å²) in [6.45, 7) is 8.31. The minimum Gasteiger partial charge on any atom is -0.311 e. The van der Waals surface area contributed by atoms with Crippen LogP contribution in [0.5, 0.6) is 0 Å². The van der Waals surface area contributed by atoms with Gasteiger partial charge < -0.3 is 4.90 Å². The van der Waals surface area contributed by atoms with Crippen LogP contribution in [0.2, 0.25) is 0 Å². The molecule has 1 amide bonds. The van der Waals surface area contributed by atoms with Gasteiger partial charge in [0.1, 0.15) is 0 Å². The number of rotatable bonds is 0. The molecule has 16 heavy (non-hydrogen) atoms. The van der Waals surface area contributed by atoms with Crippen LogP contribution >= 0.6 is 0 Å². The second-order valence-electron chi connectivity index (χ2n) is 5.71. The van der Waals surface area contributed by atoms with Crippen LogP contribution in [-0.4, -0.2) is 16.3 Å². The Balaban J connectivity index is 2.43. The third-order valence-electron chi connectivity index (χ3n) is 3.86. The standard InChI is InChI=1S/C14H21NO/c1-10-9-14(3,4)15(11(2)16)13-8-6-5-7-12(10)13/h5-6,8,10,12H,7,9H2,1-4H3. The van der Waals surface area contributed by atoms with Gasteiger partial charge in [0.2, 0.25) is 5.91 Å². The van der Waals surface area contributed by atoms with E-state index >= 15 is 0 Å². The molecule has 2 unspecified atom stereocenters. The summed E-state index contributed by atoms with van der Waals surface area (Å²) in [4.78, 5) is 13.8. The van der Waals surface area contributed by atoms with E-state index in [1.54, 1.807) is 6.92 Å². The van der Waals surface area contributed by atoms with Gasteiger partial charge >= 0.3 is 0 Å². The molecule has 1 saturated heterocycles. The van der Waals surface area contributed by atoms with Crippen molar-refractivity contribution in [1.82, 2.24) is 4.90 Å². The average molecular weight is 219 g/mol. The molecule has 0 N–H and O–H groups in total. The Morgan fingerprint density at radius 3 is 2.81 bits per heavy atom. The zero-order chi connectivity index (χ0) is 11.9. The zero-order valence-corrected chi connectivity index (χ0v) is 10.7. The van der Waals surface area contributed by atoms with Crippen molar-refractivity contribution in [3.8, 4) is 0 Å². The second kappa shape index (κ2) is 3.76. The lowest BCUT2D eigenvalue weighted by molar-refractivity contribution is -0.134. The molecular weight excluding hydrogens is 198 g/mol. The van der Waals surface area contributed by atoms with Crippen molar-refractivity contribution in [2.24, 2.45) is 11.8 Å². The number of carbonyl (C=O) groups excluding carboxylic acids is 1. The van der Waals surface area contributed by atoms with E-state index in [-0.39, 0.29) is 11.4 Å². The number of likely N-dealkylation sites (tertiary alicyclic amines) is 1. The van der Waals surface area contributed by atoms with Gasteiger partial charge in [0.15, 0.2) is 0 Å². The van der Waals surface area contributed by atoms with E-state index in [1.807, 2.05) is 4.90 Å². The Labute approximate surface area is 98.0 Å². The molecular formula is C14H21NO. The molecule has 2 atom stereocenters. The fourth-order valence-corrected chi connectivity index (χ4v) is 3.38. The highest BCUT2D eigenvalue weighted by Gasteiger charge is 2.43. The van der Waals surface area contributed by atoms with Crippen LogP contribution in [0.25, 0.3) is 0 Å². The number of carbonyl (C=O) groups is 1. The summed E-state index contributed by atoms with van der Waals surface area (Å²) >= 11 is 0. The van der Waals surface area contributed by atoms with Crippen LogP contribution in [0.4, 0.5) is 0 Å². The molecule has 1 fully saturated rings. The quantitative estimate of drug-likeness (QED) is 0.613. The number of fused-ring (bicyclic) bond motifs is 1. The maximum atomic E-state index is 11.8. The average Bonchev–Trinajstić information content (AvgIpc) is 2.15. The van der Waals surface area contributed by atoms with Crippen molar-refractivity contribution < 1.29 is 4.79 Å². The highest BCUT2D eigenvalue weighted by molar-refractivity contribution is 5.76. The molecule has 0 bridgehead atoms. The first-order valence-corrected chi connectivity index (χ1v) is 6.11. The fourth-order valence-electron chi connectivity index (χ4n) is 3.38. The largest absolute Gasteiger partial charge is 0.311 e. The van der Waals surface area contributed by atoms with Gasteiger partial charge in [-0.05, 0) is 38.7 Å². The maximum absolute atomic E-state index is 11.8. The van der Waals surface area contributed by atoms with Gasteiger partial charge in [-0.15, -0.1) is 0 Å². The third-order valence-corrected chi connectivity index (χ3v) is 3.86. The fraction of sp³-hybridized carbons (Fsp3) is 0.643. The Kier molecular flexibility index (Phi) is 2.69. The lowest BCUT2D eigenvalue weighted by Gasteiger charge is -2.50.